The van der Waals surface area contributed by atoms with Gasteiger partial charge in [0.15, 0.2) is 0 Å². The van der Waals surface area contributed by atoms with Crippen molar-refractivity contribution in [1.82, 2.24) is 0 Å². The van der Waals surface area contributed by atoms with Crippen LogP contribution in [0.25, 0.3) is 0 Å². The summed E-state index contributed by atoms with van der Waals surface area (Å²) in [4.78, 5) is 12.8. The summed E-state index contributed by atoms with van der Waals surface area (Å²) in [5.41, 5.74) is 2.53. The van der Waals surface area contributed by atoms with Crippen molar-refractivity contribution in [1.29, 1.82) is 0 Å². The summed E-state index contributed by atoms with van der Waals surface area (Å²) in [7, 11) is 0. The molecule has 0 aromatic rings. The Kier molecular flexibility index (Phi) is 16.0. The lowest BCUT2D eigenvalue weighted by atomic mass is 9.47. The summed E-state index contributed by atoms with van der Waals surface area (Å²) in [6.45, 7) is 14.9. The number of unbranched alkanes of at least 4 members (excludes halogenated alkanes) is 11. The molecule has 0 amide bonds. The molecule has 2 heteroatoms. The molecule has 0 aliphatic heterocycles. The zero-order chi connectivity index (χ0) is 33.7. The van der Waals surface area contributed by atoms with Gasteiger partial charge in [-0.15, -0.1) is 0 Å². The number of carbonyl (C=O) groups is 1. The van der Waals surface area contributed by atoms with Crippen LogP contribution < -0.4 is 0 Å². The molecule has 8 atom stereocenters. The van der Waals surface area contributed by atoms with Crippen LogP contribution in [0.4, 0.5) is 0 Å². The second kappa shape index (κ2) is 19.4. The molecule has 4 aliphatic rings. The van der Waals surface area contributed by atoms with Crippen molar-refractivity contribution in [3.8, 4) is 0 Å². The highest BCUT2D eigenvalue weighted by Gasteiger charge is 2.59. The van der Waals surface area contributed by atoms with E-state index in [9.17, 15) is 4.79 Å². The van der Waals surface area contributed by atoms with Crippen LogP contribution in [0.15, 0.2) is 23.8 Å². The maximum atomic E-state index is 12.8. The van der Waals surface area contributed by atoms with Gasteiger partial charge in [-0.2, -0.15) is 0 Å². The van der Waals surface area contributed by atoms with Gasteiger partial charge in [0.25, 0.3) is 0 Å². The molecule has 4 rings (SSSR count). The second-order valence-electron chi connectivity index (χ2n) is 18.0. The molecule has 0 aromatic heterocycles. The van der Waals surface area contributed by atoms with Gasteiger partial charge >= 0.3 is 5.97 Å². The highest BCUT2D eigenvalue weighted by atomic mass is 16.8. The Bertz CT molecular complexity index is 976. The molecule has 0 spiro atoms. The summed E-state index contributed by atoms with van der Waals surface area (Å²) in [6, 6.07) is 0. The molecule has 0 radical (unpaired) electrons. The minimum absolute atomic E-state index is 0.0541. The quantitative estimate of drug-likeness (QED) is 0.0700. The first kappa shape index (κ1) is 38.7. The van der Waals surface area contributed by atoms with Gasteiger partial charge in [0.1, 0.15) is 6.10 Å². The summed E-state index contributed by atoms with van der Waals surface area (Å²) >= 11 is 0. The van der Waals surface area contributed by atoms with Crippen molar-refractivity contribution in [2.45, 2.75) is 208 Å². The first-order valence-electron chi connectivity index (χ1n) is 21.2. The van der Waals surface area contributed by atoms with E-state index in [2.05, 4.69) is 59.8 Å². The number of ether oxygens (including phenoxy) is 1. The van der Waals surface area contributed by atoms with E-state index in [1.54, 1.807) is 5.57 Å². The molecule has 0 N–H and O–H groups in total. The monoisotopic (exact) mass is 653 g/mol. The molecular formula is C45H78O2. The smallest absolute Gasteiger partial charge is 0.306 e. The molecule has 2 nitrogen and oxygen atoms in total. The Morgan fingerprint density at radius 1 is 0.809 bits per heavy atom. The Labute approximate surface area is 293 Å². The van der Waals surface area contributed by atoms with E-state index >= 15 is 0 Å². The van der Waals surface area contributed by atoms with Gasteiger partial charge in [-0.25, -0.2) is 0 Å². The SMILES string of the molecule is CCCCCCCCC=CCCCCCCC[14C](=O)O[C@H]1CC[C@@]2(C)C(=CC[C@H]3[C@@H]4CC[C@H]([C@H](C)CCCC(C)C)[C@@]4(C)CC[C@@H]32)C1. The zero-order valence-corrected chi connectivity index (χ0v) is 32.3. The van der Waals surface area contributed by atoms with Crippen molar-refractivity contribution in [2.24, 2.45) is 46.3 Å². The normalized spacial score (nSPS) is 32.6. The van der Waals surface area contributed by atoms with Crippen molar-refractivity contribution in [3.63, 3.8) is 0 Å². The molecule has 0 aromatic carbocycles. The fourth-order valence-electron chi connectivity index (χ4n) is 11.3. The van der Waals surface area contributed by atoms with Crippen molar-refractivity contribution < 1.29 is 9.53 Å². The van der Waals surface area contributed by atoms with Gasteiger partial charge in [-0.1, -0.05) is 136 Å². The highest BCUT2D eigenvalue weighted by Crippen LogP contribution is 2.67. The van der Waals surface area contributed by atoms with Crippen LogP contribution in [0.2, 0.25) is 0 Å². The predicted octanol–water partition coefficient (Wildman–Crippen LogP) is 14.0. The van der Waals surface area contributed by atoms with Gasteiger partial charge in [0.2, 0.25) is 0 Å². The van der Waals surface area contributed by atoms with Gasteiger partial charge in [0.05, 0.1) is 0 Å². The van der Waals surface area contributed by atoms with Crippen molar-refractivity contribution in [2.75, 3.05) is 0 Å². The predicted molar refractivity (Wildman–Crippen MR) is 202 cm³/mol. The number of esters is 1. The van der Waals surface area contributed by atoms with Gasteiger partial charge in [-0.3, -0.25) is 4.79 Å². The Morgan fingerprint density at radius 3 is 2.19 bits per heavy atom. The molecule has 47 heavy (non-hydrogen) atoms. The molecule has 0 heterocycles. The summed E-state index contributed by atoms with van der Waals surface area (Å²) in [6.07, 6.45) is 39.5. The standard InChI is InChI=1S/C45H78O2/c1-7-8-9-10-11-12-13-14-15-16-17-18-19-20-21-25-43(46)47-38-30-32-44(5)37(34-38)26-27-39-41-29-28-40(36(4)24-22-23-35(2)3)45(41,6)33-31-42(39)44/h14-15,26,35-36,38-42H,7-13,16-25,27-34H2,1-6H3/t36-,38+,39+,40-,41+,42+,44+,45-/m1/s1/i43+2. The fourth-order valence-corrected chi connectivity index (χ4v) is 11.3. The number of hydrogen-bond acceptors (Lipinski definition) is 2. The average Bonchev–Trinajstić information content (AvgIpc) is 3.40. The van der Waals surface area contributed by atoms with Gasteiger partial charge in [0, 0.05) is 12.8 Å². The van der Waals surface area contributed by atoms with Crippen LogP contribution in [0.3, 0.4) is 0 Å². The Balaban J connectivity index is 1.12. The summed E-state index contributed by atoms with van der Waals surface area (Å²) < 4.78 is 6.12. The minimum atomic E-state index is 0.0541. The molecule has 0 saturated heterocycles. The summed E-state index contributed by atoms with van der Waals surface area (Å²) in [5.74, 6) is 5.31. The second-order valence-corrected chi connectivity index (χ2v) is 18.0. The first-order valence-corrected chi connectivity index (χ1v) is 21.2. The van der Waals surface area contributed by atoms with Gasteiger partial charge in [-0.05, 0) is 123 Å². The summed E-state index contributed by atoms with van der Waals surface area (Å²) in [5, 5.41) is 0. The van der Waals surface area contributed by atoms with E-state index in [1.807, 2.05) is 0 Å². The number of hydrogen-bond donors (Lipinski definition) is 0. The minimum Gasteiger partial charge on any atom is -0.462 e. The lowest BCUT2D eigenvalue weighted by Crippen LogP contribution is -2.51. The van der Waals surface area contributed by atoms with Gasteiger partial charge < -0.3 is 4.74 Å². The molecule has 4 aliphatic carbocycles. The maximum Gasteiger partial charge on any atom is 0.306 e. The first-order chi connectivity index (χ1) is 22.7. The largest absolute Gasteiger partial charge is 0.462 e. The number of fused-ring (bicyclic) bond motifs is 5. The fraction of sp³-hybridized carbons (Fsp3) is 0.889. The third kappa shape index (κ3) is 10.7. The average molecular weight is 653 g/mol. The van der Waals surface area contributed by atoms with Crippen LogP contribution in [0.5, 0.6) is 0 Å². The maximum absolute atomic E-state index is 12.8. The molecular weight excluding hydrogens is 574 g/mol. The number of allylic oxidation sites excluding steroid dienone is 3. The van der Waals surface area contributed by atoms with E-state index in [0.717, 1.165) is 61.2 Å². The molecule has 3 fully saturated rings. The third-order valence-corrected chi connectivity index (χ3v) is 14.2. The van der Waals surface area contributed by atoms with Crippen molar-refractivity contribution in [3.05, 3.63) is 23.8 Å². The van der Waals surface area contributed by atoms with Crippen LogP contribution in [0.1, 0.15) is 202 Å². The molecule has 0 bridgehead atoms. The molecule has 0 unspecified atom stereocenters. The van der Waals surface area contributed by atoms with E-state index in [0.29, 0.717) is 17.3 Å². The van der Waals surface area contributed by atoms with E-state index in [-0.39, 0.29) is 12.1 Å². The molecule has 3 saturated carbocycles. The molecule has 270 valence electrons. The van der Waals surface area contributed by atoms with Crippen LogP contribution >= 0.6 is 0 Å². The topological polar surface area (TPSA) is 26.3 Å². The third-order valence-electron chi connectivity index (χ3n) is 14.2. The van der Waals surface area contributed by atoms with Crippen LogP contribution in [-0.4, -0.2) is 12.1 Å². The lowest BCUT2D eigenvalue weighted by molar-refractivity contribution is -0.151. The Morgan fingerprint density at radius 2 is 1.49 bits per heavy atom. The van der Waals surface area contributed by atoms with Crippen LogP contribution in [-0.2, 0) is 9.53 Å². The highest BCUT2D eigenvalue weighted by molar-refractivity contribution is 5.69. The van der Waals surface area contributed by atoms with E-state index in [1.165, 1.54) is 128 Å². The zero-order valence-electron chi connectivity index (χ0n) is 32.3. The number of carbonyl (C=O) groups excluding carboxylic acids is 1. The lowest BCUT2D eigenvalue weighted by Gasteiger charge is -2.58. The van der Waals surface area contributed by atoms with Crippen LogP contribution in [0, 0.1) is 46.3 Å². The van der Waals surface area contributed by atoms with Crippen molar-refractivity contribution >= 4 is 5.97 Å². The van der Waals surface area contributed by atoms with E-state index in [4.69, 9.17) is 4.74 Å². The Hall–Kier alpha value is -1.05. The van der Waals surface area contributed by atoms with E-state index < -0.39 is 0 Å². The number of rotatable bonds is 21.